The van der Waals surface area contributed by atoms with E-state index < -0.39 is 0 Å². The molecule has 2 saturated heterocycles. The number of hydrogen-bond acceptors (Lipinski definition) is 3. The van der Waals surface area contributed by atoms with Crippen molar-refractivity contribution in [2.45, 2.75) is 37.8 Å². The summed E-state index contributed by atoms with van der Waals surface area (Å²) >= 11 is 0. The summed E-state index contributed by atoms with van der Waals surface area (Å²) in [6.07, 6.45) is 3.96. The molecular weight excluding hydrogens is 186 g/mol. The van der Waals surface area contributed by atoms with Gasteiger partial charge in [0.2, 0.25) is 0 Å². The second-order valence-corrected chi connectivity index (χ2v) is 5.30. The van der Waals surface area contributed by atoms with Crippen LogP contribution in [0.25, 0.3) is 0 Å². The van der Waals surface area contributed by atoms with Gasteiger partial charge in [-0.3, -0.25) is 4.90 Å². The Labute approximate surface area is 93.6 Å². The average Bonchev–Trinajstić information content (AvgIpc) is 2.58. The molecule has 2 atom stereocenters. The predicted octanol–water partition coefficient (Wildman–Crippen LogP) is 0.668. The van der Waals surface area contributed by atoms with Crippen LogP contribution in [0.4, 0.5) is 0 Å². The summed E-state index contributed by atoms with van der Waals surface area (Å²) in [5.41, 5.74) is 0.372. The van der Waals surface area contributed by atoms with Crippen molar-refractivity contribution in [3.8, 4) is 0 Å². The number of nitrogens with one attached hydrogen (secondary N) is 2. The van der Waals surface area contributed by atoms with Gasteiger partial charge in [0.1, 0.15) is 0 Å². The van der Waals surface area contributed by atoms with Gasteiger partial charge < -0.3 is 10.6 Å². The molecule has 0 radical (unpaired) electrons. The zero-order chi connectivity index (χ0) is 10.9. The Kier molecular flexibility index (Phi) is 3.33. The number of nitrogens with zero attached hydrogens (tertiary/aromatic N) is 1. The van der Waals surface area contributed by atoms with Crippen molar-refractivity contribution in [3.05, 3.63) is 0 Å². The van der Waals surface area contributed by atoms with Gasteiger partial charge in [-0.25, -0.2) is 0 Å². The zero-order valence-electron chi connectivity index (χ0n) is 10.3. The summed E-state index contributed by atoms with van der Waals surface area (Å²) in [7, 11) is 4.41. The lowest BCUT2D eigenvalue weighted by atomic mass is 9.75. The maximum absolute atomic E-state index is 3.52. The van der Waals surface area contributed by atoms with E-state index in [0.29, 0.717) is 11.6 Å². The summed E-state index contributed by atoms with van der Waals surface area (Å²) < 4.78 is 0. The fourth-order valence-corrected chi connectivity index (χ4v) is 3.56. The molecule has 2 aliphatic heterocycles. The first kappa shape index (κ1) is 11.4. The number of rotatable bonds is 2. The van der Waals surface area contributed by atoms with E-state index in [1.54, 1.807) is 0 Å². The first-order valence-corrected chi connectivity index (χ1v) is 6.28. The number of likely N-dealkylation sites (tertiary alicyclic amines) is 1. The summed E-state index contributed by atoms with van der Waals surface area (Å²) in [6.45, 7) is 6.10. The molecule has 3 heteroatoms. The van der Waals surface area contributed by atoms with Gasteiger partial charge in [-0.2, -0.15) is 0 Å². The highest BCUT2D eigenvalue weighted by Gasteiger charge is 2.47. The van der Waals surface area contributed by atoms with Crippen LogP contribution in [0.15, 0.2) is 0 Å². The first-order chi connectivity index (χ1) is 7.19. The molecule has 2 heterocycles. The van der Waals surface area contributed by atoms with Crippen LogP contribution in [0.5, 0.6) is 0 Å². The largest absolute Gasteiger partial charge is 0.317 e. The van der Waals surface area contributed by atoms with Crippen molar-refractivity contribution in [1.82, 2.24) is 15.5 Å². The molecule has 15 heavy (non-hydrogen) atoms. The number of piperidine rings is 1. The molecule has 0 aliphatic carbocycles. The third kappa shape index (κ3) is 1.81. The Morgan fingerprint density at radius 3 is 2.53 bits per heavy atom. The van der Waals surface area contributed by atoms with Crippen molar-refractivity contribution < 1.29 is 0 Å². The lowest BCUT2D eigenvalue weighted by Crippen LogP contribution is -2.57. The van der Waals surface area contributed by atoms with Gasteiger partial charge in [-0.05, 0) is 65.8 Å². The summed E-state index contributed by atoms with van der Waals surface area (Å²) in [5, 5.41) is 6.98. The van der Waals surface area contributed by atoms with Gasteiger partial charge >= 0.3 is 0 Å². The lowest BCUT2D eigenvalue weighted by Gasteiger charge is -2.45. The minimum absolute atomic E-state index is 0.372. The maximum atomic E-state index is 3.52. The molecule has 0 amide bonds. The second kappa shape index (κ2) is 4.40. The van der Waals surface area contributed by atoms with Crippen molar-refractivity contribution in [2.75, 3.05) is 33.7 Å². The zero-order valence-corrected chi connectivity index (χ0v) is 10.3. The fourth-order valence-electron chi connectivity index (χ4n) is 3.56. The first-order valence-electron chi connectivity index (χ1n) is 6.28. The maximum Gasteiger partial charge on any atom is 0.0360 e. The van der Waals surface area contributed by atoms with Crippen LogP contribution >= 0.6 is 0 Å². The highest BCUT2D eigenvalue weighted by molar-refractivity contribution is 5.06. The van der Waals surface area contributed by atoms with Crippen LogP contribution in [0.1, 0.15) is 26.2 Å². The van der Waals surface area contributed by atoms with Gasteiger partial charge in [-0.1, -0.05) is 0 Å². The van der Waals surface area contributed by atoms with Crippen LogP contribution in [0, 0.1) is 5.92 Å². The van der Waals surface area contributed by atoms with E-state index in [4.69, 9.17) is 0 Å². The van der Waals surface area contributed by atoms with Crippen LogP contribution in [-0.2, 0) is 0 Å². The minimum atomic E-state index is 0.372. The normalized spacial score (nSPS) is 39.8. The average molecular weight is 211 g/mol. The summed E-state index contributed by atoms with van der Waals surface area (Å²) in [4.78, 5) is 2.57. The monoisotopic (exact) mass is 211 g/mol. The molecule has 0 saturated carbocycles. The molecule has 0 bridgehead atoms. The molecule has 3 nitrogen and oxygen atoms in total. The minimum Gasteiger partial charge on any atom is -0.317 e. The molecule has 0 aromatic carbocycles. The van der Waals surface area contributed by atoms with Crippen molar-refractivity contribution in [1.29, 1.82) is 0 Å². The van der Waals surface area contributed by atoms with Crippen LogP contribution in [-0.4, -0.2) is 50.2 Å². The van der Waals surface area contributed by atoms with Crippen molar-refractivity contribution in [3.63, 3.8) is 0 Å². The number of hydrogen-bond donors (Lipinski definition) is 2. The Hall–Kier alpha value is -0.120. The van der Waals surface area contributed by atoms with Gasteiger partial charge in [0, 0.05) is 11.6 Å². The van der Waals surface area contributed by atoms with Crippen LogP contribution in [0.3, 0.4) is 0 Å². The lowest BCUT2D eigenvalue weighted by molar-refractivity contribution is 0.0728. The molecule has 2 rings (SSSR count). The Balaban J connectivity index is 2.13. The molecule has 0 aromatic rings. The summed E-state index contributed by atoms with van der Waals surface area (Å²) in [6, 6.07) is 0.672. The van der Waals surface area contributed by atoms with Gasteiger partial charge in [-0.15, -0.1) is 0 Å². The Bertz CT molecular complexity index is 213. The van der Waals surface area contributed by atoms with Gasteiger partial charge in [0.15, 0.2) is 0 Å². The van der Waals surface area contributed by atoms with Crippen molar-refractivity contribution >= 4 is 0 Å². The molecule has 0 aromatic heterocycles. The predicted molar refractivity (Wildman–Crippen MR) is 64.1 cm³/mol. The van der Waals surface area contributed by atoms with E-state index in [0.717, 1.165) is 5.92 Å². The highest BCUT2D eigenvalue weighted by Crippen LogP contribution is 2.38. The van der Waals surface area contributed by atoms with Gasteiger partial charge in [0.25, 0.3) is 0 Å². The van der Waals surface area contributed by atoms with Crippen LogP contribution < -0.4 is 10.6 Å². The number of likely N-dealkylation sites (N-methyl/N-ethyl adjacent to an activating group) is 2. The quantitative estimate of drug-likeness (QED) is 0.703. The molecule has 2 aliphatic rings. The SMILES string of the molecule is CNC1CCN(C)C1(C)C1CCNCC1. The van der Waals surface area contributed by atoms with E-state index in [2.05, 4.69) is 36.6 Å². The molecular formula is C12H25N3. The fraction of sp³-hybridized carbons (Fsp3) is 1.00. The topological polar surface area (TPSA) is 27.3 Å². The Morgan fingerprint density at radius 1 is 1.27 bits per heavy atom. The summed E-state index contributed by atoms with van der Waals surface area (Å²) in [5.74, 6) is 0.851. The van der Waals surface area contributed by atoms with E-state index >= 15 is 0 Å². The molecule has 2 unspecified atom stereocenters. The van der Waals surface area contributed by atoms with E-state index in [-0.39, 0.29) is 0 Å². The molecule has 2 N–H and O–H groups in total. The van der Waals surface area contributed by atoms with Crippen LogP contribution in [0.2, 0.25) is 0 Å². The van der Waals surface area contributed by atoms with Gasteiger partial charge in [0.05, 0.1) is 0 Å². The molecule has 0 spiro atoms. The standard InChI is InChI=1S/C12H25N3/c1-12(10-4-7-14-8-5-10)11(13-2)6-9-15(12)3/h10-11,13-14H,4-9H2,1-3H3. The van der Waals surface area contributed by atoms with E-state index in [9.17, 15) is 0 Å². The van der Waals surface area contributed by atoms with E-state index in [1.807, 2.05) is 0 Å². The second-order valence-electron chi connectivity index (χ2n) is 5.30. The smallest absolute Gasteiger partial charge is 0.0360 e. The highest BCUT2D eigenvalue weighted by atomic mass is 15.2. The third-order valence-corrected chi connectivity index (χ3v) is 4.80. The molecule has 88 valence electrons. The van der Waals surface area contributed by atoms with E-state index in [1.165, 1.54) is 38.9 Å². The van der Waals surface area contributed by atoms with Crippen molar-refractivity contribution in [2.24, 2.45) is 5.92 Å². The molecule has 2 fully saturated rings. The Morgan fingerprint density at radius 2 is 1.93 bits per heavy atom. The third-order valence-electron chi connectivity index (χ3n) is 4.80.